The van der Waals surface area contributed by atoms with E-state index in [0.717, 1.165) is 15.9 Å². The van der Waals surface area contributed by atoms with Crippen LogP contribution in [-0.2, 0) is 6.54 Å². The van der Waals surface area contributed by atoms with Crippen LogP contribution in [0.2, 0.25) is 10.0 Å². The normalized spacial score (nSPS) is 10.9. The van der Waals surface area contributed by atoms with Gasteiger partial charge in [0.05, 0.1) is 40.2 Å². The number of fused-ring (bicyclic) bond motifs is 1. The van der Waals surface area contributed by atoms with Crippen molar-refractivity contribution in [1.82, 2.24) is 9.97 Å². The first kappa shape index (κ1) is 19.6. The third-order valence-corrected chi connectivity index (χ3v) is 5.89. The third-order valence-electron chi connectivity index (χ3n) is 4.26. The van der Waals surface area contributed by atoms with E-state index in [0.29, 0.717) is 26.5 Å². The van der Waals surface area contributed by atoms with Crippen LogP contribution in [0.1, 0.15) is 16.1 Å². The van der Waals surface area contributed by atoms with Gasteiger partial charge in [-0.15, -0.1) is 0 Å². The van der Waals surface area contributed by atoms with Crippen LogP contribution in [0.4, 0.5) is 5.13 Å². The zero-order valence-corrected chi connectivity index (χ0v) is 17.6. The van der Waals surface area contributed by atoms with Gasteiger partial charge >= 0.3 is 0 Å². The molecular formula is C21H15Cl2N3O2S. The standard InChI is InChI=1S/C21H15Cl2N3O2S/c1-28-15-6-8-19-18(11-15)25-21(29-19)26(12-14-4-2-3-9-24-14)20(27)16-10-13(22)5-7-17(16)23/h2-11H,12H2,1H3. The molecule has 4 aromatic rings. The number of rotatable bonds is 5. The van der Waals surface area contributed by atoms with Crippen LogP contribution in [0.25, 0.3) is 10.2 Å². The summed E-state index contributed by atoms with van der Waals surface area (Å²) in [5, 5.41) is 1.30. The fourth-order valence-corrected chi connectivity index (χ4v) is 4.14. The fraction of sp³-hybridized carbons (Fsp3) is 0.0952. The lowest BCUT2D eigenvalue weighted by molar-refractivity contribution is 0.0985. The number of halogens is 2. The number of nitrogens with zero attached hydrogens (tertiary/aromatic N) is 3. The molecule has 2 aromatic heterocycles. The number of carbonyl (C=O) groups is 1. The summed E-state index contributed by atoms with van der Waals surface area (Å²) in [4.78, 5) is 24.0. The smallest absolute Gasteiger partial charge is 0.262 e. The molecule has 0 bridgehead atoms. The molecule has 0 N–H and O–H groups in total. The van der Waals surface area contributed by atoms with Gasteiger partial charge in [-0.3, -0.25) is 14.7 Å². The zero-order valence-electron chi connectivity index (χ0n) is 15.3. The second kappa shape index (κ2) is 8.37. The Bertz CT molecular complexity index is 1180. The molecule has 0 radical (unpaired) electrons. The van der Waals surface area contributed by atoms with Crippen molar-refractivity contribution in [1.29, 1.82) is 0 Å². The minimum absolute atomic E-state index is 0.249. The topological polar surface area (TPSA) is 55.3 Å². The van der Waals surface area contributed by atoms with Gasteiger partial charge in [0.15, 0.2) is 5.13 Å². The summed E-state index contributed by atoms with van der Waals surface area (Å²) in [7, 11) is 1.60. The number of ether oxygens (including phenoxy) is 1. The number of hydrogen-bond donors (Lipinski definition) is 0. The van der Waals surface area contributed by atoms with E-state index in [4.69, 9.17) is 27.9 Å². The van der Waals surface area contributed by atoms with E-state index in [1.807, 2.05) is 36.4 Å². The maximum absolute atomic E-state index is 13.4. The number of anilines is 1. The minimum Gasteiger partial charge on any atom is -0.497 e. The Balaban J connectivity index is 1.79. The Hall–Kier alpha value is -2.67. The van der Waals surface area contributed by atoms with E-state index in [2.05, 4.69) is 9.97 Å². The van der Waals surface area contributed by atoms with Gasteiger partial charge in [-0.2, -0.15) is 0 Å². The van der Waals surface area contributed by atoms with Crippen LogP contribution in [0, 0.1) is 0 Å². The summed E-state index contributed by atoms with van der Waals surface area (Å²) in [6.45, 7) is 0.249. The molecule has 0 saturated carbocycles. The highest BCUT2D eigenvalue weighted by Crippen LogP contribution is 2.33. The van der Waals surface area contributed by atoms with E-state index >= 15 is 0 Å². The summed E-state index contributed by atoms with van der Waals surface area (Å²) in [6, 6.07) is 16.0. The number of methoxy groups -OCH3 is 1. The number of carbonyl (C=O) groups excluding carboxylic acids is 1. The van der Waals surface area contributed by atoms with Crippen molar-refractivity contribution in [2.75, 3.05) is 12.0 Å². The lowest BCUT2D eigenvalue weighted by Crippen LogP contribution is -2.31. The number of hydrogen-bond acceptors (Lipinski definition) is 5. The Morgan fingerprint density at radius 3 is 2.76 bits per heavy atom. The molecule has 1 amide bonds. The monoisotopic (exact) mass is 443 g/mol. The van der Waals surface area contributed by atoms with E-state index < -0.39 is 0 Å². The van der Waals surface area contributed by atoms with Crippen LogP contribution in [0.5, 0.6) is 5.75 Å². The summed E-state index contributed by atoms with van der Waals surface area (Å²) < 4.78 is 6.22. The van der Waals surface area contributed by atoms with Gasteiger partial charge in [-0.25, -0.2) is 4.98 Å². The first-order valence-corrected chi connectivity index (χ1v) is 10.2. The Labute approximate surface area is 181 Å². The van der Waals surface area contributed by atoms with Crippen LogP contribution in [-0.4, -0.2) is 23.0 Å². The molecule has 0 spiro atoms. The molecule has 2 heterocycles. The number of thiazole rings is 1. The van der Waals surface area contributed by atoms with E-state index in [-0.39, 0.29) is 12.5 Å². The summed E-state index contributed by atoms with van der Waals surface area (Å²) >= 11 is 13.8. The van der Waals surface area contributed by atoms with Crippen LogP contribution in [0.3, 0.4) is 0 Å². The van der Waals surface area contributed by atoms with Crippen LogP contribution < -0.4 is 9.64 Å². The van der Waals surface area contributed by atoms with Crippen molar-refractivity contribution in [3.05, 3.63) is 82.1 Å². The second-order valence-electron chi connectivity index (χ2n) is 6.17. The summed E-state index contributed by atoms with van der Waals surface area (Å²) in [6.07, 6.45) is 1.69. The largest absolute Gasteiger partial charge is 0.497 e. The molecule has 29 heavy (non-hydrogen) atoms. The average Bonchev–Trinajstić information content (AvgIpc) is 3.16. The molecule has 0 aliphatic carbocycles. The van der Waals surface area contributed by atoms with Crippen LogP contribution in [0.15, 0.2) is 60.8 Å². The molecule has 4 rings (SSSR count). The summed E-state index contributed by atoms with van der Waals surface area (Å²) in [5.41, 5.74) is 1.79. The predicted octanol–water partition coefficient (Wildman–Crippen LogP) is 5.85. The average molecular weight is 444 g/mol. The van der Waals surface area contributed by atoms with E-state index in [9.17, 15) is 4.79 Å². The van der Waals surface area contributed by atoms with Crippen LogP contribution >= 0.6 is 34.5 Å². The fourth-order valence-electron chi connectivity index (χ4n) is 2.82. The van der Waals surface area contributed by atoms with Gasteiger partial charge in [-0.1, -0.05) is 40.6 Å². The number of benzene rings is 2. The van der Waals surface area contributed by atoms with Crippen molar-refractivity contribution in [2.24, 2.45) is 0 Å². The van der Waals surface area contributed by atoms with Crippen molar-refractivity contribution in [3.63, 3.8) is 0 Å². The summed E-state index contributed by atoms with van der Waals surface area (Å²) in [5.74, 6) is 0.406. The lowest BCUT2D eigenvalue weighted by atomic mass is 10.2. The third kappa shape index (κ3) is 4.19. The molecular weight excluding hydrogens is 429 g/mol. The molecule has 8 heteroatoms. The van der Waals surface area contributed by atoms with Gasteiger partial charge in [0.1, 0.15) is 5.75 Å². The zero-order chi connectivity index (χ0) is 20.4. The Morgan fingerprint density at radius 2 is 2.00 bits per heavy atom. The SMILES string of the molecule is COc1ccc2sc(N(Cc3ccccn3)C(=O)c3cc(Cl)ccc3Cl)nc2c1. The quantitative estimate of drug-likeness (QED) is 0.387. The molecule has 5 nitrogen and oxygen atoms in total. The lowest BCUT2D eigenvalue weighted by Gasteiger charge is -2.20. The highest BCUT2D eigenvalue weighted by Gasteiger charge is 2.24. The molecule has 0 unspecified atom stereocenters. The maximum atomic E-state index is 13.4. The van der Waals surface area contributed by atoms with E-state index in [1.165, 1.54) is 11.3 Å². The second-order valence-corrected chi connectivity index (χ2v) is 8.02. The maximum Gasteiger partial charge on any atom is 0.262 e. The molecule has 0 fully saturated rings. The molecule has 0 saturated heterocycles. The number of aromatic nitrogens is 2. The van der Waals surface area contributed by atoms with Gasteiger partial charge in [0, 0.05) is 17.3 Å². The molecule has 0 aliphatic rings. The van der Waals surface area contributed by atoms with Crippen molar-refractivity contribution >= 4 is 55.8 Å². The minimum atomic E-state index is -0.297. The molecule has 2 aromatic carbocycles. The molecule has 0 aliphatic heterocycles. The van der Waals surface area contributed by atoms with Crippen molar-refractivity contribution < 1.29 is 9.53 Å². The first-order valence-electron chi connectivity index (χ1n) is 8.66. The first-order chi connectivity index (χ1) is 14.0. The van der Waals surface area contributed by atoms with Gasteiger partial charge in [0.25, 0.3) is 5.91 Å². The van der Waals surface area contributed by atoms with Crippen molar-refractivity contribution in [3.8, 4) is 5.75 Å². The number of pyridine rings is 1. The predicted molar refractivity (Wildman–Crippen MR) is 117 cm³/mol. The molecule has 146 valence electrons. The number of amides is 1. The highest BCUT2D eigenvalue weighted by atomic mass is 35.5. The Kier molecular flexibility index (Phi) is 5.67. The highest BCUT2D eigenvalue weighted by molar-refractivity contribution is 7.22. The van der Waals surface area contributed by atoms with Gasteiger partial charge in [0.2, 0.25) is 0 Å². The van der Waals surface area contributed by atoms with E-state index in [1.54, 1.807) is 36.4 Å². The van der Waals surface area contributed by atoms with Crippen molar-refractivity contribution in [2.45, 2.75) is 6.54 Å². The molecule has 0 atom stereocenters. The van der Waals surface area contributed by atoms with Gasteiger partial charge < -0.3 is 4.74 Å². The van der Waals surface area contributed by atoms with Gasteiger partial charge in [-0.05, 0) is 42.5 Å². The Morgan fingerprint density at radius 1 is 1.14 bits per heavy atom.